The fraction of sp³-hybridized carbons (Fsp3) is 0.143. The molecule has 0 aromatic carbocycles. The molecule has 1 unspecified atom stereocenters. The number of imide groups is 1. The Morgan fingerprint density at radius 2 is 1.92 bits per heavy atom. The third-order valence-electron chi connectivity index (χ3n) is 1.53. The predicted octanol–water partition coefficient (Wildman–Crippen LogP) is -0.986. The molecule has 0 fully saturated rings. The van der Waals surface area contributed by atoms with Crippen molar-refractivity contribution >= 4 is 24.0 Å². The maximum absolute atomic E-state index is 10.9. The summed E-state index contributed by atoms with van der Waals surface area (Å²) < 4.78 is 0. The zero-order valence-corrected chi connectivity index (χ0v) is 6.43. The van der Waals surface area contributed by atoms with Crippen molar-refractivity contribution in [1.29, 1.82) is 5.41 Å². The van der Waals surface area contributed by atoms with E-state index in [1.165, 1.54) is 0 Å². The van der Waals surface area contributed by atoms with Crippen LogP contribution < -0.4 is 0 Å². The summed E-state index contributed by atoms with van der Waals surface area (Å²) in [7, 11) is 0. The van der Waals surface area contributed by atoms with Crippen molar-refractivity contribution in [3.8, 4) is 0 Å². The van der Waals surface area contributed by atoms with Crippen molar-refractivity contribution in [2.75, 3.05) is 0 Å². The number of hydrogen-bond acceptors (Lipinski definition) is 4. The van der Waals surface area contributed by atoms with E-state index < -0.39 is 23.8 Å². The van der Waals surface area contributed by atoms with E-state index in [9.17, 15) is 14.4 Å². The number of aliphatic carboxylic acids is 1. The highest BCUT2D eigenvalue weighted by molar-refractivity contribution is 6.17. The van der Waals surface area contributed by atoms with E-state index in [1.54, 1.807) is 0 Å². The van der Waals surface area contributed by atoms with Gasteiger partial charge < -0.3 is 10.5 Å². The van der Waals surface area contributed by atoms with E-state index in [-0.39, 0.29) is 0 Å². The summed E-state index contributed by atoms with van der Waals surface area (Å²) in [6.45, 7) is 0. The van der Waals surface area contributed by atoms with Crippen LogP contribution in [-0.2, 0) is 14.4 Å². The first-order valence-corrected chi connectivity index (χ1v) is 3.36. The molecule has 1 atom stereocenters. The molecule has 0 aliphatic carbocycles. The second kappa shape index (κ2) is 3.18. The summed E-state index contributed by atoms with van der Waals surface area (Å²) in [5.74, 6) is -2.82. The molecule has 0 bridgehead atoms. The lowest BCUT2D eigenvalue weighted by atomic mass is 10.3. The summed E-state index contributed by atoms with van der Waals surface area (Å²) >= 11 is 0. The van der Waals surface area contributed by atoms with Gasteiger partial charge >= 0.3 is 5.97 Å². The van der Waals surface area contributed by atoms with Crippen LogP contribution in [0.4, 0.5) is 0 Å². The van der Waals surface area contributed by atoms with Gasteiger partial charge in [0.2, 0.25) is 0 Å². The summed E-state index contributed by atoms with van der Waals surface area (Å²) in [5, 5.41) is 15.3. The van der Waals surface area contributed by atoms with Crippen molar-refractivity contribution in [1.82, 2.24) is 4.90 Å². The van der Waals surface area contributed by atoms with E-state index in [2.05, 4.69) is 0 Å². The van der Waals surface area contributed by atoms with Crippen molar-refractivity contribution in [3.63, 3.8) is 0 Å². The van der Waals surface area contributed by atoms with Gasteiger partial charge in [-0.15, -0.1) is 0 Å². The Balaban J connectivity index is 2.93. The second-order valence-corrected chi connectivity index (χ2v) is 2.33. The summed E-state index contributed by atoms with van der Waals surface area (Å²) in [6, 6.07) is -1.50. The smallest absolute Gasteiger partial charge is 0.332 e. The van der Waals surface area contributed by atoms with Gasteiger partial charge in [-0.2, -0.15) is 0 Å². The van der Waals surface area contributed by atoms with Crippen molar-refractivity contribution in [2.45, 2.75) is 6.04 Å². The molecule has 0 aromatic rings. The van der Waals surface area contributed by atoms with E-state index >= 15 is 0 Å². The lowest BCUT2D eigenvalue weighted by Gasteiger charge is -2.17. The summed E-state index contributed by atoms with van der Waals surface area (Å²) in [6.07, 6.45) is 2.48. The van der Waals surface area contributed by atoms with Crippen LogP contribution in [0.2, 0.25) is 0 Å². The number of carboxylic acids is 1. The largest absolute Gasteiger partial charge is 0.479 e. The van der Waals surface area contributed by atoms with Crippen LogP contribution in [-0.4, -0.2) is 40.0 Å². The first-order valence-electron chi connectivity index (χ1n) is 3.36. The third kappa shape index (κ3) is 1.46. The molecule has 0 aromatic heterocycles. The van der Waals surface area contributed by atoms with Crippen LogP contribution in [0.5, 0.6) is 0 Å². The van der Waals surface area contributed by atoms with Gasteiger partial charge in [0, 0.05) is 18.4 Å². The van der Waals surface area contributed by atoms with E-state index in [1.807, 2.05) is 0 Å². The highest BCUT2D eigenvalue weighted by Crippen LogP contribution is 2.07. The van der Waals surface area contributed by atoms with Gasteiger partial charge in [-0.3, -0.25) is 14.5 Å². The van der Waals surface area contributed by atoms with E-state index in [0.29, 0.717) is 11.1 Å². The standard InChI is InChI=1S/C7H6N2O4/c8-3-4(7(12)13)9-5(10)1-2-6(9)11/h1-4,8H,(H,12,13). The molecule has 1 aliphatic heterocycles. The highest BCUT2D eigenvalue weighted by atomic mass is 16.4. The molecule has 1 heterocycles. The number of amides is 2. The summed E-state index contributed by atoms with van der Waals surface area (Å²) in [4.78, 5) is 32.9. The molecule has 68 valence electrons. The number of nitrogens with one attached hydrogen (secondary N) is 1. The quantitative estimate of drug-likeness (QED) is 0.432. The number of carbonyl (C=O) groups is 3. The molecule has 1 rings (SSSR count). The van der Waals surface area contributed by atoms with Gasteiger partial charge in [0.25, 0.3) is 11.8 Å². The first kappa shape index (κ1) is 9.11. The molecule has 0 saturated carbocycles. The molecular formula is C7H6N2O4. The molecule has 0 spiro atoms. The van der Waals surface area contributed by atoms with Gasteiger partial charge in [0.15, 0.2) is 6.04 Å². The number of rotatable bonds is 3. The molecule has 13 heavy (non-hydrogen) atoms. The van der Waals surface area contributed by atoms with Crippen molar-refractivity contribution in [3.05, 3.63) is 12.2 Å². The summed E-state index contributed by atoms with van der Waals surface area (Å²) in [5.41, 5.74) is 0. The average Bonchev–Trinajstić information content (AvgIpc) is 2.36. The van der Waals surface area contributed by atoms with Crippen LogP contribution >= 0.6 is 0 Å². The second-order valence-electron chi connectivity index (χ2n) is 2.33. The zero-order chi connectivity index (χ0) is 10.0. The zero-order valence-electron chi connectivity index (χ0n) is 6.43. The normalized spacial score (nSPS) is 17.7. The van der Waals surface area contributed by atoms with Gasteiger partial charge in [-0.25, -0.2) is 4.79 Å². The molecule has 2 amide bonds. The highest BCUT2D eigenvalue weighted by Gasteiger charge is 2.34. The monoisotopic (exact) mass is 182 g/mol. The minimum atomic E-state index is -1.50. The van der Waals surface area contributed by atoms with Crippen molar-refractivity contribution in [2.24, 2.45) is 0 Å². The number of nitrogens with zero attached hydrogens (tertiary/aromatic N) is 1. The molecular weight excluding hydrogens is 176 g/mol. The lowest BCUT2D eigenvalue weighted by Crippen LogP contribution is -2.45. The molecule has 6 heteroatoms. The minimum Gasteiger partial charge on any atom is -0.479 e. The molecule has 0 saturated heterocycles. The Morgan fingerprint density at radius 3 is 2.23 bits per heavy atom. The van der Waals surface area contributed by atoms with Crippen LogP contribution in [0.25, 0.3) is 0 Å². The van der Waals surface area contributed by atoms with Gasteiger partial charge in [0.05, 0.1) is 0 Å². The average molecular weight is 182 g/mol. The predicted molar refractivity (Wildman–Crippen MR) is 41.2 cm³/mol. The Bertz CT molecular complexity index is 302. The Hall–Kier alpha value is -1.98. The minimum absolute atomic E-state index is 0.509. The van der Waals surface area contributed by atoms with Gasteiger partial charge in [0.1, 0.15) is 0 Å². The van der Waals surface area contributed by atoms with Crippen LogP contribution in [0.3, 0.4) is 0 Å². The van der Waals surface area contributed by atoms with Crippen LogP contribution in [0, 0.1) is 5.41 Å². The number of carbonyl (C=O) groups excluding carboxylic acids is 2. The number of carboxylic acid groups (broad SMARTS) is 1. The van der Waals surface area contributed by atoms with Gasteiger partial charge in [-0.1, -0.05) is 0 Å². The molecule has 1 aliphatic rings. The maximum atomic E-state index is 10.9. The lowest BCUT2D eigenvalue weighted by molar-refractivity contribution is -0.150. The fourth-order valence-electron chi connectivity index (χ4n) is 0.942. The van der Waals surface area contributed by atoms with Gasteiger partial charge in [-0.05, 0) is 0 Å². The molecule has 6 nitrogen and oxygen atoms in total. The fourth-order valence-corrected chi connectivity index (χ4v) is 0.942. The SMILES string of the molecule is N=CC(C(=O)O)N1C(=O)C=CC1=O. The van der Waals surface area contributed by atoms with Crippen LogP contribution in [0.15, 0.2) is 12.2 Å². The topological polar surface area (TPSA) is 98.5 Å². The Labute approximate surface area is 73.0 Å². The maximum Gasteiger partial charge on any atom is 0.332 e. The molecule has 0 radical (unpaired) electrons. The Morgan fingerprint density at radius 1 is 1.46 bits per heavy atom. The number of hydrogen-bond donors (Lipinski definition) is 2. The Kier molecular flexibility index (Phi) is 2.23. The third-order valence-corrected chi connectivity index (χ3v) is 1.53. The molecule has 2 N–H and O–H groups in total. The van der Waals surface area contributed by atoms with E-state index in [4.69, 9.17) is 10.5 Å². The first-order chi connectivity index (χ1) is 6.07. The van der Waals surface area contributed by atoms with Crippen LogP contribution in [0.1, 0.15) is 0 Å². The van der Waals surface area contributed by atoms with Crippen molar-refractivity contribution < 1.29 is 19.5 Å². The van der Waals surface area contributed by atoms with E-state index in [0.717, 1.165) is 12.2 Å².